The summed E-state index contributed by atoms with van der Waals surface area (Å²) in [5.74, 6) is 0. The molecule has 0 unspecified atom stereocenters. The maximum Gasteiger partial charge on any atom is 0.243 e. The lowest BCUT2D eigenvalue weighted by atomic mass is 10.1. The predicted molar refractivity (Wildman–Crippen MR) is 132 cm³/mol. The molecule has 2 fully saturated rings. The molecule has 9 heteroatoms. The zero-order valence-corrected chi connectivity index (χ0v) is 20.2. The van der Waals surface area contributed by atoms with E-state index in [0.717, 1.165) is 25.3 Å². The van der Waals surface area contributed by atoms with Crippen LogP contribution in [0.1, 0.15) is 12.5 Å². The lowest BCUT2D eigenvalue weighted by Gasteiger charge is -2.42. The number of hydrogen-bond acceptors (Lipinski definition) is 5. The second kappa shape index (κ2) is 9.74. The lowest BCUT2D eigenvalue weighted by Crippen LogP contribution is -2.54. The van der Waals surface area contributed by atoms with Crippen LogP contribution in [0.2, 0.25) is 0 Å². The van der Waals surface area contributed by atoms with E-state index in [1.54, 1.807) is 24.3 Å². The third-order valence-corrected chi connectivity index (χ3v) is 8.27. The number of anilines is 2. The SMILES string of the molecule is Cc1ccc(N2CCN(C(=S)Nc3ccc(S(=O)(=O)N4CCOCC4)cc3)C[C@H]2C)cc1. The smallest absolute Gasteiger partial charge is 0.243 e. The van der Waals surface area contributed by atoms with Gasteiger partial charge in [0, 0.05) is 50.1 Å². The summed E-state index contributed by atoms with van der Waals surface area (Å²) in [7, 11) is -3.49. The Bertz CT molecular complexity index is 1040. The Morgan fingerprint density at radius 2 is 1.66 bits per heavy atom. The minimum absolute atomic E-state index is 0.288. The van der Waals surface area contributed by atoms with E-state index in [1.165, 1.54) is 15.6 Å². The van der Waals surface area contributed by atoms with Gasteiger partial charge in [-0.2, -0.15) is 4.31 Å². The predicted octanol–water partition coefficient (Wildman–Crippen LogP) is 2.92. The van der Waals surface area contributed by atoms with Gasteiger partial charge in [-0.15, -0.1) is 0 Å². The first-order chi connectivity index (χ1) is 15.3. The Hall–Kier alpha value is -2.20. The molecule has 0 bridgehead atoms. The molecule has 172 valence electrons. The van der Waals surface area contributed by atoms with Crippen molar-refractivity contribution in [3.8, 4) is 0 Å². The molecule has 0 radical (unpaired) electrons. The van der Waals surface area contributed by atoms with E-state index in [0.29, 0.717) is 37.5 Å². The van der Waals surface area contributed by atoms with E-state index in [-0.39, 0.29) is 4.90 Å². The molecule has 32 heavy (non-hydrogen) atoms. The highest BCUT2D eigenvalue weighted by molar-refractivity contribution is 7.89. The van der Waals surface area contributed by atoms with Gasteiger partial charge in [0.2, 0.25) is 10.0 Å². The first kappa shape index (κ1) is 23.0. The number of thiocarbonyl (C=S) groups is 1. The summed E-state index contributed by atoms with van der Waals surface area (Å²) in [5.41, 5.74) is 3.28. The van der Waals surface area contributed by atoms with E-state index in [4.69, 9.17) is 17.0 Å². The number of aryl methyl sites for hydroxylation is 1. The van der Waals surface area contributed by atoms with Crippen LogP contribution in [0.3, 0.4) is 0 Å². The van der Waals surface area contributed by atoms with E-state index in [2.05, 4.69) is 53.2 Å². The fourth-order valence-electron chi connectivity index (χ4n) is 4.11. The first-order valence-corrected chi connectivity index (χ1v) is 12.8. The Kier molecular flexibility index (Phi) is 6.99. The van der Waals surface area contributed by atoms with Crippen LogP contribution in [0.5, 0.6) is 0 Å². The highest BCUT2D eigenvalue weighted by Crippen LogP contribution is 2.23. The number of rotatable bonds is 4. The van der Waals surface area contributed by atoms with Crippen molar-refractivity contribution in [2.75, 3.05) is 56.2 Å². The standard InChI is InChI=1S/C23H30N4O3S2/c1-18-3-7-21(8-4-18)27-12-11-25(17-19(27)2)23(31)24-20-5-9-22(10-6-20)32(28,29)26-13-15-30-16-14-26/h3-10,19H,11-17H2,1-2H3,(H,24,31)/t19-/m1/s1. The molecular formula is C23H30N4O3S2. The van der Waals surface area contributed by atoms with Gasteiger partial charge in [0.15, 0.2) is 5.11 Å². The van der Waals surface area contributed by atoms with Gasteiger partial charge in [-0.1, -0.05) is 17.7 Å². The van der Waals surface area contributed by atoms with E-state index in [1.807, 2.05) is 0 Å². The van der Waals surface area contributed by atoms with Gasteiger partial charge in [0.1, 0.15) is 0 Å². The van der Waals surface area contributed by atoms with Gasteiger partial charge in [-0.3, -0.25) is 0 Å². The van der Waals surface area contributed by atoms with Crippen LogP contribution in [0.15, 0.2) is 53.4 Å². The molecule has 0 amide bonds. The Balaban J connectivity index is 1.35. The van der Waals surface area contributed by atoms with Gasteiger partial charge in [0.25, 0.3) is 0 Å². The molecule has 1 atom stereocenters. The molecule has 1 N–H and O–H groups in total. The fourth-order valence-corrected chi connectivity index (χ4v) is 5.80. The van der Waals surface area contributed by atoms with Crippen molar-refractivity contribution >= 4 is 38.7 Å². The number of hydrogen-bond donors (Lipinski definition) is 1. The van der Waals surface area contributed by atoms with Crippen LogP contribution in [0, 0.1) is 6.92 Å². The number of sulfonamides is 1. The van der Waals surface area contributed by atoms with Gasteiger partial charge in [-0.25, -0.2) is 8.42 Å². The van der Waals surface area contributed by atoms with E-state index < -0.39 is 10.0 Å². The third-order valence-electron chi connectivity index (χ3n) is 5.99. The molecule has 2 aliphatic heterocycles. The molecule has 2 heterocycles. The van der Waals surface area contributed by atoms with Crippen LogP contribution >= 0.6 is 12.2 Å². The summed E-state index contributed by atoms with van der Waals surface area (Å²) < 4.78 is 32.3. The summed E-state index contributed by atoms with van der Waals surface area (Å²) in [6.07, 6.45) is 0. The maximum atomic E-state index is 12.8. The maximum absolute atomic E-state index is 12.8. The Morgan fingerprint density at radius 1 is 1.00 bits per heavy atom. The van der Waals surface area contributed by atoms with Crippen molar-refractivity contribution in [2.45, 2.75) is 24.8 Å². The summed E-state index contributed by atoms with van der Waals surface area (Å²) >= 11 is 5.65. The monoisotopic (exact) mass is 474 g/mol. The van der Waals surface area contributed by atoms with Crippen LogP contribution in [-0.2, 0) is 14.8 Å². The first-order valence-electron chi connectivity index (χ1n) is 10.9. The fraction of sp³-hybridized carbons (Fsp3) is 0.435. The van der Waals surface area contributed by atoms with E-state index in [9.17, 15) is 8.42 Å². The van der Waals surface area contributed by atoms with Crippen molar-refractivity contribution in [3.05, 3.63) is 54.1 Å². The van der Waals surface area contributed by atoms with Gasteiger partial charge in [0.05, 0.1) is 18.1 Å². The molecule has 0 aliphatic carbocycles. The number of benzene rings is 2. The Morgan fingerprint density at radius 3 is 2.28 bits per heavy atom. The number of morpholine rings is 1. The zero-order valence-electron chi connectivity index (χ0n) is 18.5. The van der Waals surface area contributed by atoms with Crippen LogP contribution in [-0.4, -0.2) is 74.7 Å². The number of piperazine rings is 1. The molecule has 4 rings (SSSR count). The second-order valence-electron chi connectivity index (χ2n) is 8.29. The van der Waals surface area contributed by atoms with Crippen molar-refractivity contribution < 1.29 is 13.2 Å². The number of ether oxygens (including phenoxy) is 1. The van der Waals surface area contributed by atoms with Crippen molar-refractivity contribution in [1.82, 2.24) is 9.21 Å². The lowest BCUT2D eigenvalue weighted by molar-refractivity contribution is 0.0730. The molecule has 2 aliphatic rings. The highest BCUT2D eigenvalue weighted by Gasteiger charge is 2.27. The van der Waals surface area contributed by atoms with Crippen molar-refractivity contribution in [1.29, 1.82) is 0 Å². The molecule has 0 aromatic heterocycles. The van der Waals surface area contributed by atoms with Gasteiger partial charge in [-0.05, 0) is 62.5 Å². The second-order valence-corrected chi connectivity index (χ2v) is 10.6. The van der Waals surface area contributed by atoms with Gasteiger partial charge >= 0.3 is 0 Å². The minimum atomic E-state index is -3.49. The zero-order chi connectivity index (χ0) is 22.7. The normalized spacial score (nSPS) is 20.2. The number of nitrogens with one attached hydrogen (secondary N) is 1. The molecule has 2 saturated heterocycles. The number of nitrogens with zero attached hydrogens (tertiary/aromatic N) is 3. The summed E-state index contributed by atoms with van der Waals surface area (Å²) in [6, 6.07) is 15.8. The molecule has 7 nitrogen and oxygen atoms in total. The van der Waals surface area contributed by atoms with Crippen molar-refractivity contribution in [2.24, 2.45) is 0 Å². The van der Waals surface area contributed by atoms with Crippen molar-refractivity contribution in [3.63, 3.8) is 0 Å². The highest BCUT2D eigenvalue weighted by atomic mass is 32.2. The largest absolute Gasteiger partial charge is 0.379 e. The Labute approximate surface area is 196 Å². The quantitative estimate of drug-likeness (QED) is 0.684. The van der Waals surface area contributed by atoms with Crippen LogP contribution < -0.4 is 10.2 Å². The molecule has 0 saturated carbocycles. The molecular weight excluding hydrogens is 444 g/mol. The summed E-state index contributed by atoms with van der Waals surface area (Å²) in [5, 5.41) is 3.92. The van der Waals surface area contributed by atoms with Crippen LogP contribution in [0.25, 0.3) is 0 Å². The van der Waals surface area contributed by atoms with Crippen LogP contribution in [0.4, 0.5) is 11.4 Å². The average Bonchev–Trinajstić information content (AvgIpc) is 2.80. The minimum Gasteiger partial charge on any atom is -0.379 e. The molecule has 2 aromatic rings. The molecule has 2 aromatic carbocycles. The summed E-state index contributed by atoms with van der Waals surface area (Å²) in [6.45, 7) is 8.49. The summed E-state index contributed by atoms with van der Waals surface area (Å²) in [4.78, 5) is 4.86. The van der Waals surface area contributed by atoms with Gasteiger partial charge < -0.3 is 19.9 Å². The topological polar surface area (TPSA) is 65.1 Å². The average molecular weight is 475 g/mol. The third kappa shape index (κ3) is 5.06. The molecule has 0 spiro atoms. The van der Waals surface area contributed by atoms with E-state index >= 15 is 0 Å².